The van der Waals surface area contributed by atoms with Crippen LogP contribution < -0.4 is 0 Å². The summed E-state index contributed by atoms with van der Waals surface area (Å²) in [7, 11) is 10.7. The lowest BCUT2D eigenvalue weighted by molar-refractivity contribution is 0.562. The smallest absolute Gasteiger partial charge is 0.234 e. The van der Waals surface area contributed by atoms with Crippen LogP contribution in [0.1, 0.15) is 22.3 Å². The zero-order chi connectivity index (χ0) is 18.2. The van der Waals surface area contributed by atoms with Gasteiger partial charge in [0.25, 0.3) is 0 Å². The van der Waals surface area contributed by atoms with Crippen molar-refractivity contribution in [3.63, 3.8) is 0 Å². The van der Waals surface area contributed by atoms with Gasteiger partial charge < -0.3 is 9.80 Å². The van der Waals surface area contributed by atoms with Crippen LogP contribution >= 0.6 is 46.0 Å². The molecule has 1 radical (unpaired) electrons. The predicted molar refractivity (Wildman–Crippen MR) is 113 cm³/mol. The Kier molecular flexibility index (Phi) is 10.7. The average Bonchev–Trinajstić information content (AvgIpc) is 2.44. The van der Waals surface area contributed by atoms with Crippen LogP contribution in [0.5, 0.6) is 0 Å². The van der Waals surface area contributed by atoms with Crippen molar-refractivity contribution in [1.29, 1.82) is 0 Å². The lowest BCUT2D eigenvalue weighted by Gasteiger charge is -2.15. The van der Waals surface area contributed by atoms with Crippen molar-refractivity contribution in [2.45, 2.75) is 20.8 Å². The van der Waals surface area contributed by atoms with Gasteiger partial charge in [-0.25, -0.2) is 0 Å². The van der Waals surface area contributed by atoms with E-state index in [1.54, 1.807) is 0 Å². The summed E-state index contributed by atoms with van der Waals surface area (Å²) in [6.45, 7) is 5.88. The molecule has 0 N–H and O–H groups in total. The second-order valence-corrected chi connectivity index (χ2v) is 8.76. The van der Waals surface area contributed by atoms with E-state index in [2.05, 4.69) is 0 Å². The van der Waals surface area contributed by atoms with Crippen molar-refractivity contribution in [2.75, 3.05) is 28.2 Å². The van der Waals surface area contributed by atoms with Gasteiger partial charge in [0.1, 0.15) is 8.64 Å². The van der Waals surface area contributed by atoms with Gasteiger partial charge in [-0.3, -0.25) is 4.79 Å². The summed E-state index contributed by atoms with van der Waals surface area (Å²) < 4.78 is 1.67. The summed E-state index contributed by atoms with van der Waals surface area (Å²) in [5, 5.41) is 0. The molecule has 0 unspecified atom stereocenters. The molecule has 0 heterocycles. The Morgan fingerprint density at radius 2 is 1.26 bits per heavy atom. The van der Waals surface area contributed by atoms with Gasteiger partial charge >= 0.3 is 0 Å². The molecule has 0 fully saturated rings. The first-order chi connectivity index (χ1) is 10.6. The zero-order valence-electron chi connectivity index (χ0n) is 14.6. The summed E-state index contributed by atoms with van der Waals surface area (Å²) in [5.74, 6) is 0. The highest BCUT2D eigenvalue weighted by molar-refractivity contribution is 8.89. The largest absolute Gasteiger partial charge is 0.363 e. The van der Waals surface area contributed by atoms with Gasteiger partial charge in [0.05, 0.1) is 0 Å². The monoisotopic (exact) mass is 387 g/mol. The van der Waals surface area contributed by atoms with Crippen molar-refractivity contribution in [2.24, 2.45) is 0 Å². The van der Waals surface area contributed by atoms with Crippen LogP contribution in [0.15, 0.2) is 12.1 Å². The molecule has 0 atom stereocenters. The minimum absolute atomic E-state index is 0.704. The highest BCUT2D eigenvalue weighted by Gasteiger charge is 2.05. The maximum atomic E-state index is 10.4. The van der Waals surface area contributed by atoms with Gasteiger partial charge in [-0.1, -0.05) is 42.1 Å². The maximum absolute atomic E-state index is 10.4. The average molecular weight is 388 g/mol. The van der Waals surface area contributed by atoms with Crippen LogP contribution in [0.3, 0.4) is 0 Å². The molecule has 0 aliphatic heterocycles. The molecule has 0 spiro atoms. The molecule has 0 saturated heterocycles. The molecule has 0 aliphatic rings. The minimum Gasteiger partial charge on any atom is -0.363 e. The van der Waals surface area contributed by atoms with Gasteiger partial charge in [0, 0.05) is 33.8 Å². The maximum Gasteiger partial charge on any atom is 0.234 e. The number of rotatable bonds is 1. The molecule has 23 heavy (non-hydrogen) atoms. The van der Waals surface area contributed by atoms with E-state index in [0.29, 0.717) is 5.56 Å². The fourth-order valence-electron chi connectivity index (χ4n) is 1.56. The second-order valence-electron chi connectivity index (χ2n) is 5.36. The third kappa shape index (κ3) is 8.69. The quantitative estimate of drug-likeness (QED) is 0.527. The van der Waals surface area contributed by atoms with Crippen LogP contribution in [0.2, 0.25) is 0 Å². The van der Waals surface area contributed by atoms with Crippen LogP contribution in [0.25, 0.3) is 0 Å². The summed E-state index contributed by atoms with van der Waals surface area (Å²) in [4.78, 5) is 14.2. The first-order valence-electron chi connectivity index (χ1n) is 6.83. The molecule has 0 saturated carbocycles. The first-order valence-corrected chi connectivity index (χ1v) is 9.79. The Hall–Kier alpha value is -0.630. The number of carbonyl (C=O) groups excluding carboxylic acids is 1. The molecule has 0 aliphatic carbocycles. The highest BCUT2D eigenvalue weighted by Crippen LogP contribution is 2.26. The second kappa shape index (κ2) is 11.0. The molecule has 7 heteroatoms. The Labute approximate surface area is 158 Å². The number of thiocarbonyl (C=S) groups is 2. The topological polar surface area (TPSA) is 23.6 Å². The fraction of sp³-hybridized carbons (Fsp3) is 0.438. The van der Waals surface area contributed by atoms with E-state index in [1.807, 2.05) is 77.2 Å². The van der Waals surface area contributed by atoms with Crippen LogP contribution in [-0.4, -0.2) is 52.9 Å². The van der Waals surface area contributed by atoms with E-state index >= 15 is 0 Å². The lowest BCUT2D eigenvalue weighted by Crippen LogP contribution is -2.18. The predicted octanol–water partition coefficient (Wildman–Crippen LogP) is 4.13. The minimum atomic E-state index is 0.704. The lowest BCUT2D eigenvalue weighted by atomic mass is 10.0. The molecule has 3 nitrogen and oxygen atoms in total. The fourth-order valence-corrected chi connectivity index (χ4v) is 3.94. The SMILES string of the molecule is CN(C)C(=S)SSC(=S)N(C)C.Cc1cc(C)c([C]=O)c(C)c1. The summed E-state index contributed by atoms with van der Waals surface area (Å²) >= 11 is 10.1. The van der Waals surface area contributed by atoms with Crippen molar-refractivity contribution in [3.05, 3.63) is 34.4 Å². The van der Waals surface area contributed by atoms with Crippen molar-refractivity contribution in [3.8, 4) is 0 Å². The van der Waals surface area contributed by atoms with Gasteiger partial charge in [-0.05, 0) is 53.5 Å². The molecular weight excluding hydrogens is 364 g/mol. The standard InChI is InChI=1S/C10H11O.C6H12N2S4/c1-7-4-8(2)10(6-11)9(3)5-7;1-7(2)5(9)11-12-6(10)8(3)4/h4-5H,1-3H3;1-4H3. The normalized spacial score (nSPS) is 9.52. The van der Waals surface area contributed by atoms with Gasteiger partial charge in [-0.2, -0.15) is 0 Å². The van der Waals surface area contributed by atoms with Crippen LogP contribution in [0.4, 0.5) is 0 Å². The van der Waals surface area contributed by atoms with E-state index < -0.39 is 0 Å². The molecular formula is C16H23N2OS4. The zero-order valence-corrected chi connectivity index (χ0v) is 17.9. The van der Waals surface area contributed by atoms with E-state index in [-0.39, 0.29) is 0 Å². The summed E-state index contributed by atoms with van der Waals surface area (Å²) in [6.07, 6.45) is 1.94. The molecule has 0 bridgehead atoms. The molecule has 0 amide bonds. The van der Waals surface area contributed by atoms with Crippen molar-refractivity contribution in [1.82, 2.24) is 9.80 Å². The van der Waals surface area contributed by atoms with Gasteiger partial charge in [0.2, 0.25) is 6.29 Å². The van der Waals surface area contributed by atoms with Crippen molar-refractivity contribution < 1.29 is 4.79 Å². The number of aryl methyl sites for hydroxylation is 3. The van der Waals surface area contributed by atoms with Crippen LogP contribution in [-0.2, 0) is 4.79 Å². The van der Waals surface area contributed by atoms with Crippen molar-refractivity contribution >= 4 is 61.0 Å². The Bertz CT molecular complexity index is 528. The van der Waals surface area contributed by atoms with E-state index in [4.69, 9.17) is 24.4 Å². The molecule has 127 valence electrons. The number of hydrogen-bond acceptors (Lipinski definition) is 5. The Morgan fingerprint density at radius 3 is 1.52 bits per heavy atom. The van der Waals surface area contributed by atoms with Gasteiger partial charge in [-0.15, -0.1) is 0 Å². The van der Waals surface area contributed by atoms with E-state index in [0.717, 1.165) is 19.8 Å². The summed E-state index contributed by atoms with van der Waals surface area (Å²) in [6, 6.07) is 3.99. The Balaban J connectivity index is 0.000000422. The number of hydrogen-bond donors (Lipinski definition) is 0. The third-order valence-corrected chi connectivity index (χ3v) is 6.85. The molecule has 1 rings (SSSR count). The van der Waals surface area contributed by atoms with Crippen LogP contribution in [0, 0.1) is 20.8 Å². The van der Waals surface area contributed by atoms with Gasteiger partial charge in [0.15, 0.2) is 0 Å². The summed E-state index contributed by atoms with van der Waals surface area (Å²) in [5.41, 5.74) is 3.92. The third-order valence-electron chi connectivity index (χ3n) is 2.69. The number of nitrogens with zero attached hydrogens (tertiary/aromatic N) is 2. The first kappa shape index (κ1) is 22.4. The molecule has 1 aromatic rings. The molecule has 1 aromatic carbocycles. The van der Waals surface area contributed by atoms with E-state index in [9.17, 15) is 4.79 Å². The number of benzene rings is 1. The highest BCUT2D eigenvalue weighted by atomic mass is 33.1. The molecule has 0 aromatic heterocycles. The Morgan fingerprint density at radius 1 is 0.913 bits per heavy atom. The van der Waals surface area contributed by atoms with E-state index in [1.165, 1.54) is 27.2 Å².